The van der Waals surface area contributed by atoms with E-state index in [-0.39, 0.29) is 24.8 Å². The summed E-state index contributed by atoms with van der Waals surface area (Å²) in [5.74, 6) is -1.36. The van der Waals surface area contributed by atoms with Crippen molar-refractivity contribution in [1.29, 1.82) is 0 Å². The van der Waals surface area contributed by atoms with Crippen molar-refractivity contribution >= 4 is 29.1 Å². The van der Waals surface area contributed by atoms with Crippen LogP contribution in [0.3, 0.4) is 0 Å². The average Bonchev–Trinajstić information content (AvgIpc) is 3.47. The summed E-state index contributed by atoms with van der Waals surface area (Å²) >= 11 is 1.43. The van der Waals surface area contributed by atoms with Gasteiger partial charge < -0.3 is 20.6 Å². The minimum atomic E-state index is -0.988. The molecular weight excluding hydrogens is 476 g/mol. The van der Waals surface area contributed by atoms with Crippen LogP contribution in [0.5, 0.6) is 0 Å². The van der Waals surface area contributed by atoms with Crippen molar-refractivity contribution in [1.82, 2.24) is 20.5 Å². The normalized spacial score (nSPS) is 13.9. The second-order valence-electron chi connectivity index (χ2n) is 9.42. The summed E-state index contributed by atoms with van der Waals surface area (Å²) in [6.45, 7) is 1.58. The van der Waals surface area contributed by atoms with Gasteiger partial charge in [-0.25, -0.2) is 4.98 Å². The van der Waals surface area contributed by atoms with E-state index < -0.39 is 11.4 Å². The number of thiazole rings is 1. The highest BCUT2D eigenvalue weighted by Gasteiger charge is 2.45. The zero-order valence-electron chi connectivity index (χ0n) is 20.4. The number of carboxylic acid groups (broad SMARTS) is 1. The predicted molar refractivity (Wildman–Crippen MR) is 139 cm³/mol. The second kappa shape index (κ2) is 11.0. The van der Waals surface area contributed by atoms with E-state index in [0.717, 1.165) is 33.9 Å². The minimum Gasteiger partial charge on any atom is -0.481 e. The van der Waals surface area contributed by atoms with Crippen LogP contribution in [0.1, 0.15) is 32.9 Å². The maximum atomic E-state index is 13.2. The summed E-state index contributed by atoms with van der Waals surface area (Å²) in [7, 11) is 3.91. The number of hydrogen-bond acceptors (Lipinski definition) is 6. The van der Waals surface area contributed by atoms with E-state index in [1.165, 1.54) is 11.3 Å². The van der Waals surface area contributed by atoms with Crippen molar-refractivity contribution in [3.05, 3.63) is 75.6 Å². The van der Waals surface area contributed by atoms with Crippen LogP contribution in [0.4, 0.5) is 0 Å². The van der Waals surface area contributed by atoms with Crippen molar-refractivity contribution in [2.45, 2.75) is 25.8 Å². The quantitative estimate of drug-likeness (QED) is 0.390. The maximum Gasteiger partial charge on any atom is 0.304 e. The van der Waals surface area contributed by atoms with Gasteiger partial charge in [-0.3, -0.25) is 14.4 Å². The van der Waals surface area contributed by atoms with Crippen molar-refractivity contribution in [2.75, 3.05) is 27.2 Å². The van der Waals surface area contributed by atoms with Gasteiger partial charge in [0.25, 0.3) is 5.91 Å². The molecule has 0 unspecified atom stereocenters. The number of carboxylic acids is 1. The first-order valence-electron chi connectivity index (χ1n) is 11.8. The molecule has 9 heteroatoms. The van der Waals surface area contributed by atoms with E-state index in [4.69, 9.17) is 0 Å². The third-order valence-electron chi connectivity index (χ3n) is 6.39. The highest BCUT2D eigenvalue weighted by molar-refractivity contribution is 7.09. The molecule has 1 heterocycles. The van der Waals surface area contributed by atoms with Gasteiger partial charge in [0.1, 0.15) is 5.01 Å². The number of benzene rings is 2. The molecule has 0 fully saturated rings. The molecule has 2 aromatic carbocycles. The van der Waals surface area contributed by atoms with Crippen LogP contribution >= 0.6 is 11.3 Å². The fourth-order valence-corrected chi connectivity index (χ4v) is 5.25. The van der Waals surface area contributed by atoms with E-state index in [0.29, 0.717) is 24.9 Å². The molecule has 0 radical (unpaired) electrons. The number of rotatable bonds is 10. The molecule has 0 atom stereocenters. The zero-order chi connectivity index (χ0) is 25.7. The third-order valence-corrected chi connectivity index (χ3v) is 7.24. The maximum absolute atomic E-state index is 13.2. The molecule has 0 bridgehead atoms. The summed E-state index contributed by atoms with van der Waals surface area (Å²) in [6.07, 6.45) is 0.616. The number of carbonyl (C=O) groups is 3. The van der Waals surface area contributed by atoms with Crippen molar-refractivity contribution in [3.63, 3.8) is 0 Å². The molecule has 3 N–H and O–H groups in total. The number of amides is 2. The molecule has 1 aliphatic carbocycles. The molecule has 0 saturated heterocycles. The van der Waals surface area contributed by atoms with Gasteiger partial charge in [-0.05, 0) is 50.2 Å². The Morgan fingerprint density at radius 3 is 2.31 bits per heavy atom. The Kier molecular flexibility index (Phi) is 7.81. The number of hydrogen-bond donors (Lipinski definition) is 3. The van der Waals surface area contributed by atoms with Crippen LogP contribution in [0, 0.1) is 5.41 Å². The molecule has 1 aliphatic rings. The number of likely N-dealkylation sites (N-methyl/N-ethyl adjacent to an activating group) is 1. The SMILES string of the molecule is CN(C)CCNC(=O)c1ccc(-c2csc(CNC(=O)C3(CC(=O)O)Cc4ccccc4C3)n2)cc1. The van der Waals surface area contributed by atoms with Crippen LogP contribution in [0.25, 0.3) is 11.3 Å². The van der Waals surface area contributed by atoms with Gasteiger partial charge in [-0.15, -0.1) is 11.3 Å². The van der Waals surface area contributed by atoms with Crippen LogP contribution < -0.4 is 10.6 Å². The highest BCUT2D eigenvalue weighted by atomic mass is 32.1. The van der Waals surface area contributed by atoms with Crippen molar-refractivity contribution in [2.24, 2.45) is 5.41 Å². The Hall–Kier alpha value is -3.56. The lowest BCUT2D eigenvalue weighted by Crippen LogP contribution is -2.43. The van der Waals surface area contributed by atoms with Gasteiger partial charge in [0.15, 0.2) is 0 Å². The zero-order valence-corrected chi connectivity index (χ0v) is 21.2. The summed E-state index contributed by atoms with van der Waals surface area (Å²) in [5.41, 5.74) is 3.29. The van der Waals surface area contributed by atoms with Crippen LogP contribution in [-0.4, -0.2) is 60.0 Å². The average molecular weight is 507 g/mol. The van der Waals surface area contributed by atoms with Gasteiger partial charge in [-0.2, -0.15) is 0 Å². The van der Waals surface area contributed by atoms with Gasteiger partial charge in [0.05, 0.1) is 24.1 Å². The molecule has 0 saturated carbocycles. The van der Waals surface area contributed by atoms with Gasteiger partial charge in [-0.1, -0.05) is 36.4 Å². The summed E-state index contributed by atoms with van der Waals surface area (Å²) in [4.78, 5) is 43.7. The Labute approximate surface area is 214 Å². The largest absolute Gasteiger partial charge is 0.481 e. The number of nitrogens with one attached hydrogen (secondary N) is 2. The fourth-order valence-electron chi connectivity index (χ4n) is 4.50. The van der Waals surface area contributed by atoms with Crippen LogP contribution in [0.2, 0.25) is 0 Å². The van der Waals surface area contributed by atoms with Crippen LogP contribution in [-0.2, 0) is 29.0 Å². The van der Waals surface area contributed by atoms with E-state index in [2.05, 4.69) is 15.6 Å². The minimum absolute atomic E-state index is 0.116. The molecule has 2 amide bonds. The van der Waals surface area contributed by atoms with E-state index in [1.807, 2.05) is 60.8 Å². The number of aromatic nitrogens is 1. The molecule has 188 valence electrons. The highest BCUT2D eigenvalue weighted by Crippen LogP contribution is 2.40. The van der Waals surface area contributed by atoms with Gasteiger partial charge in [0.2, 0.25) is 5.91 Å². The molecule has 3 aromatic rings. The lowest BCUT2D eigenvalue weighted by atomic mass is 9.80. The smallest absolute Gasteiger partial charge is 0.304 e. The Balaban J connectivity index is 1.37. The number of fused-ring (bicyclic) bond motifs is 1. The molecule has 8 nitrogen and oxygen atoms in total. The Morgan fingerprint density at radius 1 is 1.03 bits per heavy atom. The lowest BCUT2D eigenvalue weighted by Gasteiger charge is -2.25. The summed E-state index contributed by atoms with van der Waals surface area (Å²) in [6, 6.07) is 15.0. The molecule has 4 rings (SSSR count). The first-order chi connectivity index (χ1) is 17.3. The molecule has 0 aliphatic heterocycles. The molecular formula is C27H30N4O4S. The monoisotopic (exact) mass is 506 g/mol. The van der Waals surface area contributed by atoms with Crippen molar-refractivity contribution in [3.8, 4) is 11.3 Å². The first-order valence-corrected chi connectivity index (χ1v) is 12.7. The standard InChI is InChI=1S/C27H30N4O4S/c1-31(2)12-11-28-25(34)19-9-7-18(8-10-19)22-17-36-23(30-22)16-29-26(35)27(15-24(32)33)13-20-5-3-4-6-21(20)14-27/h3-10,17H,11-16H2,1-2H3,(H,28,34)(H,29,35)(H,32,33). The lowest BCUT2D eigenvalue weighted by molar-refractivity contribution is -0.145. The van der Waals surface area contributed by atoms with Crippen LogP contribution in [0.15, 0.2) is 53.9 Å². The van der Waals surface area contributed by atoms with E-state index in [9.17, 15) is 19.5 Å². The number of aliphatic carboxylic acids is 1. The number of nitrogens with zero attached hydrogens (tertiary/aromatic N) is 2. The Morgan fingerprint density at radius 2 is 1.69 bits per heavy atom. The molecule has 0 spiro atoms. The van der Waals surface area contributed by atoms with E-state index >= 15 is 0 Å². The van der Waals surface area contributed by atoms with Gasteiger partial charge in [0, 0.05) is 29.6 Å². The predicted octanol–water partition coefficient (Wildman–Crippen LogP) is 2.98. The topological polar surface area (TPSA) is 112 Å². The number of carbonyl (C=O) groups excluding carboxylic acids is 2. The summed E-state index contributed by atoms with van der Waals surface area (Å²) in [5, 5.41) is 17.9. The van der Waals surface area contributed by atoms with E-state index in [1.54, 1.807) is 12.1 Å². The van der Waals surface area contributed by atoms with Crippen molar-refractivity contribution < 1.29 is 19.5 Å². The molecule has 1 aromatic heterocycles. The molecule has 36 heavy (non-hydrogen) atoms. The Bertz CT molecular complexity index is 1230. The van der Waals surface area contributed by atoms with Gasteiger partial charge >= 0.3 is 5.97 Å². The third kappa shape index (κ3) is 5.98. The fraction of sp³-hybridized carbons (Fsp3) is 0.333. The first kappa shape index (κ1) is 25.5. The second-order valence-corrected chi connectivity index (χ2v) is 10.4. The summed E-state index contributed by atoms with van der Waals surface area (Å²) < 4.78 is 0.